The fourth-order valence-corrected chi connectivity index (χ4v) is 5.73. The molecule has 3 aromatic rings. The highest BCUT2D eigenvalue weighted by Crippen LogP contribution is 2.38. The Morgan fingerprint density at radius 1 is 1.22 bits per heavy atom. The molecule has 3 N–H and O–H groups in total. The first-order valence-electron chi connectivity index (χ1n) is 13.4. The molecule has 0 saturated heterocycles. The number of hydrogen-bond acceptors (Lipinski definition) is 4. The summed E-state index contributed by atoms with van der Waals surface area (Å²) < 4.78 is 8.44. The molecule has 2 aromatic heterocycles. The fourth-order valence-electron chi connectivity index (χ4n) is 4.71. The van der Waals surface area contributed by atoms with E-state index in [2.05, 4.69) is 70.3 Å². The Morgan fingerprint density at radius 2 is 1.97 bits per heavy atom. The molecule has 1 aliphatic carbocycles. The summed E-state index contributed by atoms with van der Waals surface area (Å²) in [5, 5.41) is 8.58. The molecule has 1 saturated carbocycles. The summed E-state index contributed by atoms with van der Waals surface area (Å²) in [6.07, 6.45) is 9.64. The second kappa shape index (κ2) is 10.3. The minimum atomic E-state index is -1.92. The van der Waals surface area contributed by atoms with Crippen LogP contribution in [0.15, 0.2) is 47.7 Å². The van der Waals surface area contributed by atoms with E-state index in [1.807, 2.05) is 35.1 Å². The van der Waals surface area contributed by atoms with Crippen LogP contribution in [0.4, 0.5) is 11.4 Å². The van der Waals surface area contributed by atoms with E-state index in [4.69, 9.17) is 15.2 Å². The zero-order chi connectivity index (χ0) is 26.1. The number of amidine groups is 1. The number of aromatic nitrogens is 2. The minimum absolute atomic E-state index is 0.143. The first-order valence-corrected chi connectivity index (χ1v) is 16.3. The first kappa shape index (κ1) is 26.3. The van der Waals surface area contributed by atoms with Crippen LogP contribution in [0.3, 0.4) is 0 Å². The Balaban J connectivity index is 1.68. The lowest BCUT2D eigenvalue weighted by Crippen LogP contribution is -2.43. The maximum Gasteiger partial charge on any atom is 0.250 e. The van der Waals surface area contributed by atoms with Crippen LogP contribution >= 0.6 is 0 Å². The van der Waals surface area contributed by atoms with Crippen molar-refractivity contribution in [3.8, 4) is 5.75 Å². The van der Waals surface area contributed by atoms with Crippen molar-refractivity contribution in [3.63, 3.8) is 0 Å². The standard InChI is InChI=1S/C29H43N5OSi/c1-8-21-18-22(35-36(6,7)29(3,4)5)15-16-25(21)33-28(30)23-19-31-34-17-11-14-26(34)27(23)32-24-13-10-9-12-20(24)2/h11,14-20,24,32H,8-10,12-13H2,1-7H3,(H2,30,33). The van der Waals surface area contributed by atoms with E-state index < -0.39 is 8.32 Å². The molecule has 0 radical (unpaired) electrons. The van der Waals surface area contributed by atoms with Gasteiger partial charge in [-0.15, -0.1) is 0 Å². The van der Waals surface area contributed by atoms with Crippen LogP contribution in [-0.2, 0) is 6.42 Å². The fraction of sp³-hybridized carbons (Fsp3) is 0.517. The van der Waals surface area contributed by atoms with Gasteiger partial charge in [0.1, 0.15) is 11.6 Å². The Morgan fingerprint density at radius 3 is 2.67 bits per heavy atom. The maximum atomic E-state index is 6.68. The smallest absolute Gasteiger partial charge is 0.250 e. The summed E-state index contributed by atoms with van der Waals surface area (Å²) >= 11 is 0. The zero-order valence-corrected chi connectivity index (χ0v) is 24.1. The second-order valence-electron chi connectivity index (χ2n) is 11.8. The van der Waals surface area contributed by atoms with Gasteiger partial charge in [-0.3, -0.25) is 0 Å². The summed E-state index contributed by atoms with van der Waals surface area (Å²) in [6, 6.07) is 10.7. The predicted octanol–water partition coefficient (Wildman–Crippen LogP) is 7.31. The maximum absolute atomic E-state index is 6.68. The van der Waals surface area contributed by atoms with Gasteiger partial charge in [-0.2, -0.15) is 5.10 Å². The monoisotopic (exact) mass is 505 g/mol. The highest BCUT2D eigenvalue weighted by atomic mass is 28.4. The Hall–Kier alpha value is -2.80. The van der Waals surface area contributed by atoms with Gasteiger partial charge in [0, 0.05) is 12.2 Å². The lowest BCUT2D eigenvalue weighted by molar-refractivity contribution is 0.349. The molecule has 0 spiro atoms. The summed E-state index contributed by atoms with van der Waals surface area (Å²) in [4.78, 5) is 4.91. The van der Waals surface area contributed by atoms with Crippen molar-refractivity contribution >= 4 is 31.0 Å². The van der Waals surface area contributed by atoms with E-state index in [0.29, 0.717) is 17.8 Å². The number of nitrogens with two attached hydrogens (primary N) is 1. The molecule has 2 atom stereocenters. The van der Waals surface area contributed by atoms with Crippen LogP contribution in [0.1, 0.15) is 71.4 Å². The number of rotatable bonds is 7. The highest BCUT2D eigenvalue weighted by Gasteiger charge is 2.39. The molecular weight excluding hydrogens is 462 g/mol. The van der Waals surface area contributed by atoms with Crippen LogP contribution in [0.25, 0.3) is 5.52 Å². The van der Waals surface area contributed by atoms with Crippen molar-refractivity contribution in [2.45, 2.75) is 90.9 Å². The second-order valence-corrected chi connectivity index (χ2v) is 16.5. The van der Waals surface area contributed by atoms with Crippen LogP contribution in [0.2, 0.25) is 18.1 Å². The Kier molecular flexibility index (Phi) is 7.50. The van der Waals surface area contributed by atoms with Crippen molar-refractivity contribution in [1.29, 1.82) is 0 Å². The number of nitrogens with zero attached hydrogens (tertiary/aromatic N) is 3. The topological polar surface area (TPSA) is 76.9 Å². The molecular formula is C29H43N5OSi. The quantitative estimate of drug-likeness (QED) is 0.200. The van der Waals surface area contributed by atoms with Crippen molar-refractivity contribution in [3.05, 3.63) is 53.9 Å². The normalized spacial score (nSPS) is 19.5. The SMILES string of the molecule is CCc1cc(O[Si](C)(C)C(C)(C)C)ccc1N=C(N)c1cnn2cccc2c1NC1CCCCC1C. The predicted molar refractivity (Wildman–Crippen MR) is 154 cm³/mol. The van der Waals surface area contributed by atoms with Gasteiger partial charge in [0.05, 0.1) is 28.7 Å². The summed E-state index contributed by atoms with van der Waals surface area (Å²) in [5.74, 6) is 2.01. The largest absolute Gasteiger partial charge is 0.543 e. The van der Waals surface area contributed by atoms with E-state index in [9.17, 15) is 0 Å². The number of aryl methyl sites for hydroxylation is 1. The van der Waals surface area contributed by atoms with E-state index in [-0.39, 0.29) is 5.04 Å². The highest BCUT2D eigenvalue weighted by molar-refractivity contribution is 6.74. The third-order valence-electron chi connectivity index (χ3n) is 8.13. The molecule has 0 bridgehead atoms. The number of nitrogens with one attached hydrogen (secondary N) is 1. The van der Waals surface area contributed by atoms with Crippen LogP contribution in [0.5, 0.6) is 5.75 Å². The molecule has 1 aliphatic rings. The molecule has 194 valence electrons. The first-order chi connectivity index (χ1) is 17.0. The number of hydrogen-bond donors (Lipinski definition) is 2. The summed E-state index contributed by atoms with van der Waals surface area (Å²) in [7, 11) is -1.92. The third-order valence-corrected chi connectivity index (χ3v) is 12.5. The lowest BCUT2D eigenvalue weighted by Gasteiger charge is -2.36. The molecule has 2 unspecified atom stereocenters. The van der Waals surface area contributed by atoms with Crippen molar-refractivity contribution < 1.29 is 4.43 Å². The number of benzene rings is 1. The lowest BCUT2D eigenvalue weighted by atomic mass is 9.85. The van der Waals surface area contributed by atoms with Gasteiger partial charge in [0.15, 0.2) is 0 Å². The van der Waals surface area contributed by atoms with Crippen LogP contribution in [-0.4, -0.2) is 29.8 Å². The van der Waals surface area contributed by atoms with Crippen molar-refractivity contribution in [2.24, 2.45) is 16.6 Å². The van der Waals surface area contributed by atoms with Gasteiger partial charge in [-0.05, 0) is 79.2 Å². The van der Waals surface area contributed by atoms with Crippen molar-refractivity contribution in [1.82, 2.24) is 9.61 Å². The molecule has 7 heteroatoms. The van der Waals surface area contributed by atoms with Crippen LogP contribution in [0, 0.1) is 5.92 Å². The molecule has 0 amide bonds. The molecule has 1 aromatic carbocycles. The van der Waals surface area contributed by atoms with Gasteiger partial charge < -0.3 is 15.5 Å². The minimum Gasteiger partial charge on any atom is -0.543 e. The third kappa shape index (κ3) is 5.46. The molecule has 6 nitrogen and oxygen atoms in total. The Bertz CT molecular complexity index is 1240. The molecule has 2 heterocycles. The van der Waals surface area contributed by atoms with Crippen LogP contribution < -0.4 is 15.5 Å². The van der Waals surface area contributed by atoms with Gasteiger partial charge in [0.2, 0.25) is 8.32 Å². The average molecular weight is 506 g/mol. The summed E-state index contributed by atoms with van der Waals surface area (Å²) in [6.45, 7) is 15.8. The van der Waals surface area contributed by atoms with E-state index in [1.54, 1.807) is 0 Å². The van der Waals surface area contributed by atoms with E-state index >= 15 is 0 Å². The molecule has 4 rings (SSSR count). The molecule has 0 aliphatic heterocycles. The number of fused-ring (bicyclic) bond motifs is 1. The number of aliphatic imine (C=N–C) groups is 1. The van der Waals surface area contributed by atoms with E-state index in [1.165, 1.54) is 25.7 Å². The zero-order valence-electron chi connectivity index (χ0n) is 23.1. The van der Waals surface area contributed by atoms with Crippen molar-refractivity contribution in [2.75, 3.05) is 5.32 Å². The Labute approximate surface area is 217 Å². The molecule has 1 fully saturated rings. The summed E-state index contributed by atoms with van der Waals surface area (Å²) in [5.41, 5.74) is 11.6. The van der Waals surface area contributed by atoms with Gasteiger partial charge in [-0.25, -0.2) is 9.51 Å². The number of anilines is 1. The van der Waals surface area contributed by atoms with Gasteiger partial charge in [-0.1, -0.05) is 47.5 Å². The van der Waals surface area contributed by atoms with E-state index in [0.717, 1.165) is 40.2 Å². The van der Waals surface area contributed by atoms with Gasteiger partial charge in [0.25, 0.3) is 0 Å². The average Bonchev–Trinajstić information content (AvgIpc) is 3.30. The molecule has 36 heavy (non-hydrogen) atoms. The van der Waals surface area contributed by atoms with Gasteiger partial charge >= 0.3 is 0 Å².